The molecule has 0 aliphatic carbocycles. The molecule has 102 valence electrons. The minimum absolute atomic E-state index is 0.298. The number of aromatic nitrogens is 2. The summed E-state index contributed by atoms with van der Waals surface area (Å²) in [5.74, 6) is 1.10. The van der Waals surface area contributed by atoms with E-state index < -0.39 is 0 Å². The summed E-state index contributed by atoms with van der Waals surface area (Å²) in [5.41, 5.74) is 2.63. The summed E-state index contributed by atoms with van der Waals surface area (Å²) >= 11 is 3.71. The second kappa shape index (κ2) is 5.25. The van der Waals surface area contributed by atoms with E-state index in [4.69, 9.17) is 4.74 Å². The van der Waals surface area contributed by atoms with Crippen LogP contribution < -0.4 is 0 Å². The van der Waals surface area contributed by atoms with Crippen LogP contribution >= 0.6 is 15.9 Å². The number of halogens is 1. The Bertz CT molecular complexity index is 573. The normalized spacial score (nSPS) is 18.8. The van der Waals surface area contributed by atoms with Gasteiger partial charge in [-0.05, 0) is 31.9 Å². The summed E-state index contributed by atoms with van der Waals surface area (Å²) in [6.45, 7) is 4.86. The third-order valence-electron chi connectivity index (χ3n) is 4.18. The zero-order valence-corrected chi connectivity index (χ0v) is 12.8. The standard InChI is InChI=1S/C15H19BrN2O/c1-12-17-13-4-2-3-5-14(13)18(12)11-15(10-16)6-8-19-9-7-15/h2-5H,6-11H2,1H3. The van der Waals surface area contributed by atoms with Crippen molar-refractivity contribution in [1.82, 2.24) is 9.55 Å². The van der Waals surface area contributed by atoms with Gasteiger partial charge in [-0.25, -0.2) is 4.98 Å². The van der Waals surface area contributed by atoms with Crippen molar-refractivity contribution >= 4 is 27.0 Å². The molecule has 0 spiro atoms. The lowest BCUT2D eigenvalue weighted by atomic mass is 9.82. The van der Waals surface area contributed by atoms with E-state index in [-0.39, 0.29) is 0 Å². The molecular formula is C15H19BrN2O. The predicted molar refractivity (Wildman–Crippen MR) is 80.8 cm³/mol. The molecule has 3 rings (SSSR count). The van der Waals surface area contributed by atoms with Gasteiger partial charge >= 0.3 is 0 Å². The Labute approximate surface area is 122 Å². The molecule has 1 aromatic heterocycles. The average molecular weight is 323 g/mol. The zero-order valence-electron chi connectivity index (χ0n) is 11.2. The van der Waals surface area contributed by atoms with Gasteiger partial charge in [-0.2, -0.15) is 0 Å². The molecule has 2 aromatic rings. The first-order valence-electron chi connectivity index (χ1n) is 6.80. The number of ether oxygens (including phenoxy) is 1. The smallest absolute Gasteiger partial charge is 0.106 e. The molecule has 1 aliphatic rings. The van der Waals surface area contributed by atoms with Gasteiger partial charge in [0.25, 0.3) is 0 Å². The van der Waals surface area contributed by atoms with Crippen molar-refractivity contribution < 1.29 is 4.74 Å². The number of aryl methyl sites for hydroxylation is 1. The number of benzene rings is 1. The summed E-state index contributed by atoms with van der Waals surface area (Å²) in [4.78, 5) is 4.66. The van der Waals surface area contributed by atoms with E-state index in [9.17, 15) is 0 Å². The molecule has 19 heavy (non-hydrogen) atoms. The highest BCUT2D eigenvalue weighted by Crippen LogP contribution is 2.35. The summed E-state index contributed by atoms with van der Waals surface area (Å²) in [5, 5.41) is 1.02. The monoisotopic (exact) mass is 322 g/mol. The molecule has 0 saturated carbocycles. The second-order valence-electron chi connectivity index (χ2n) is 5.48. The lowest BCUT2D eigenvalue weighted by Gasteiger charge is -2.36. The molecule has 0 bridgehead atoms. The number of alkyl halides is 1. The van der Waals surface area contributed by atoms with Gasteiger partial charge in [0.1, 0.15) is 5.82 Å². The number of para-hydroxylation sites is 2. The van der Waals surface area contributed by atoms with Gasteiger partial charge in [-0.1, -0.05) is 28.1 Å². The number of nitrogens with zero attached hydrogens (tertiary/aromatic N) is 2. The van der Waals surface area contributed by atoms with Crippen molar-refractivity contribution in [1.29, 1.82) is 0 Å². The van der Waals surface area contributed by atoms with Crippen molar-refractivity contribution in [3.63, 3.8) is 0 Å². The van der Waals surface area contributed by atoms with Crippen LogP contribution in [-0.4, -0.2) is 28.1 Å². The highest BCUT2D eigenvalue weighted by molar-refractivity contribution is 9.09. The highest BCUT2D eigenvalue weighted by atomic mass is 79.9. The van der Waals surface area contributed by atoms with Crippen LogP contribution in [0.25, 0.3) is 11.0 Å². The fourth-order valence-electron chi connectivity index (χ4n) is 2.87. The number of imidazole rings is 1. The van der Waals surface area contributed by atoms with E-state index >= 15 is 0 Å². The maximum atomic E-state index is 5.52. The van der Waals surface area contributed by atoms with E-state index in [1.165, 1.54) is 5.52 Å². The van der Waals surface area contributed by atoms with Crippen LogP contribution in [0.2, 0.25) is 0 Å². The van der Waals surface area contributed by atoms with Crippen LogP contribution in [0.5, 0.6) is 0 Å². The molecule has 0 atom stereocenters. The topological polar surface area (TPSA) is 27.1 Å². The SMILES string of the molecule is Cc1nc2ccccc2n1CC1(CBr)CCOCC1. The summed E-state index contributed by atoms with van der Waals surface area (Å²) in [6, 6.07) is 8.39. The van der Waals surface area contributed by atoms with Crippen molar-refractivity contribution in [3.05, 3.63) is 30.1 Å². The largest absolute Gasteiger partial charge is 0.381 e. The zero-order chi connectivity index (χ0) is 13.3. The van der Waals surface area contributed by atoms with E-state index in [1.54, 1.807) is 0 Å². The van der Waals surface area contributed by atoms with Gasteiger partial charge in [-0.15, -0.1) is 0 Å². The molecule has 3 nitrogen and oxygen atoms in total. The Balaban J connectivity index is 1.97. The van der Waals surface area contributed by atoms with Crippen LogP contribution in [0.15, 0.2) is 24.3 Å². The fraction of sp³-hybridized carbons (Fsp3) is 0.533. The quantitative estimate of drug-likeness (QED) is 0.808. The van der Waals surface area contributed by atoms with Crippen LogP contribution in [0.3, 0.4) is 0 Å². The predicted octanol–water partition coefficient (Wildman–Crippen LogP) is 3.54. The number of hydrogen-bond acceptors (Lipinski definition) is 2. The molecule has 0 amide bonds. The van der Waals surface area contributed by atoms with Gasteiger partial charge in [-0.3, -0.25) is 0 Å². The Morgan fingerprint density at radius 1 is 1.32 bits per heavy atom. The van der Waals surface area contributed by atoms with E-state index in [0.29, 0.717) is 5.41 Å². The second-order valence-corrected chi connectivity index (χ2v) is 6.04. The van der Waals surface area contributed by atoms with Gasteiger partial charge in [0.2, 0.25) is 0 Å². The molecule has 0 unspecified atom stereocenters. The van der Waals surface area contributed by atoms with Crippen molar-refractivity contribution in [2.24, 2.45) is 5.41 Å². The molecule has 1 aliphatic heterocycles. The maximum Gasteiger partial charge on any atom is 0.106 e. The first kappa shape index (κ1) is 13.1. The summed E-state index contributed by atoms with van der Waals surface area (Å²) in [6.07, 6.45) is 2.23. The third-order valence-corrected chi connectivity index (χ3v) is 5.37. The van der Waals surface area contributed by atoms with Crippen LogP contribution in [0, 0.1) is 12.3 Å². The Morgan fingerprint density at radius 2 is 2.05 bits per heavy atom. The fourth-order valence-corrected chi connectivity index (χ4v) is 3.61. The van der Waals surface area contributed by atoms with Crippen molar-refractivity contribution in [2.45, 2.75) is 26.3 Å². The van der Waals surface area contributed by atoms with Gasteiger partial charge < -0.3 is 9.30 Å². The molecular weight excluding hydrogens is 304 g/mol. The van der Waals surface area contributed by atoms with E-state index in [0.717, 1.165) is 49.3 Å². The van der Waals surface area contributed by atoms with E-state index in [1.807, 2.05) is 6.07 Å². The molecule has 1 fully saturated rings. The Kier molecular flexibility index (Phi) is 3.63. The van der Waals surface area contributed by atoms with Crippen LogP contribution in [0.1, 0.15) is 18.7 Å². The molecule has 0 N–H and O–H groups in total. The third kappa shape index (κ3) is 2.43. The summed E-state index contributed by atoms with van der Waals surface area (Å²) < 4.78 is 7.88. The van der Waals surface area contributed by atoms with Gasteiger partial charge in [0.05, 0.1) is 11.0 Å². The molecule has 2 heterocycles. The van der Waals surface area contributed by atoms with Gasteiger partial charge in [0, 0.05) is 30.5 Å². The number of rotatable bonds is 3. The number of fused-ring (bicyclic) bond motifs is 1. The van der Waals surface area contributed by atoms with Gasteiger partial charge in [0.15, 0.2) is 0 Å². The molecule has 4 heteroatoms. The van der Waals surface area contributed by atoms with Crippen LogP contribution in [-0.2, 0) is 11.3 Å². The molecule has 1 saturated heterocycles. The lowest BCUT2D eigenvalue weighted by molar-refractivity contribution is 0.0188. The molecule has 0 radical (unpaired) electrons. The highest BCUT2D eigenvalue weighted by Gasteiger charge is 2.32. The lowest BCUT2D eigenvalue weighted by Crippen LogP contribution is -2.35. The van der Waals surface area contributed by atoms with E-state index in [2.05, 4.69) is 50.6 Å². The average Bonchev–Trinajstić information content (AvgIpc) is 2.76. The first-order chi connectivity index (χ1) is 9.24. The maximum absolute atomic E-state index is 5.52. The first-order valence-corrected chi connectivity index (χ1v) is 7.92. The van der Waals surface area contributed by atoms with Crippen molar-refractivity contribution in [3.8, 4) is 0 Å². The Hall–Kier alpha value is -0.870. The summed E-state index contributed by atoms with van der Waals surface area (Å²) in [7, 11) is 0. The number of hydrogen-bond donors (Lipinski definition) is 0. The minimum Gasteiger partial charge on any atom is -0.381 e. The van der Waals surface area contributed by atoms with Crippen molar-refractivity contribution in [2.75, 3.05) is 18.5 Å². The Morgan fingerprint density at radius 3 is 2.79 bits per heavy atom. The minimum atomic E-state index is 0.298. The van der Waals surface area contributed by atoms with Crippen LogP contribution in [0.4, 0.5) is 0 Å². The molecule has 1 aromatic carbocycles.